The van der Waals surface area contributed by atoms with E-state index >= 15 is 0 Å². The maximum absolute atomic E-state index is 12.1. The van der Waals surface area contributed by atoms with Gasteiger partial charge in [-0.1, -0.05) is 57.2 Å². The second kappa shape index (κ2) is 7.79. The summed E-state index contributed by atoms with van der Waals surface area (Å²) < 4.78 is 4.72. The first-order valence-corrected chi connectivity index (χ1v) is 8.08. The van der Waals surface area contributed by atoms with Crippen molar-refractivity contribution >= 4 is 23.6 Å². The van der Waals surface area contributed by atoms with Crippen LogP contribution in [0.2, 0.25) is 0 Å². The van der Waals surface area contributed by atoms with E-state index in [0.717, 1.165) is 5.56 Å². The van der Waals surface area contributed by atoms with Crippen LogP contribution in [0.25, 0.3) is 6.08 Å². The Morgan fingerprint density at radius 2 is 1.64 bits per heavy atom. The third-order valence-corrected chi connectivity index (χ3v) is 3.79. The number of rotatable bonds is 4. The van der Waals surface area contributed by atoms with Gasteiger partial charge in [-0.3, -0.25) is 4.79 Å². The molecule has 0 unspecified atom stereocenters. The van der Waals surface area contributed by atoms with Gasteiger partial charge in [-0.15, -0.1) is 0 Å². The fraction of sp³-hybridized carbons (Fsp3) is 0.238. The number of nitrogens with one attached hydrogen (secondary N) is 1. The normalized spacial score (nSPS) is 11.4. The molecule has 1 N–H and O–H groups in total. The van der Waals surface area contributed by atoms with Gasteiger partial charge in [0.05, 0.1) is 18.4 Å². The fourth-order valence-corrected chi connectivity index (χ4v) is 2.32. The predicted octanol–water partition coefficient (Wildman–Crippen LogP) is 4.42. The third-order valence-electron chi connectivity index (χ3n) is 3.79. The lowest BCUT2D eigenvalue weighted by atomic mass is 9.87. The van der Waals surface area contributed by atoms with E-state index in [0.29, 0.717) is 11.3 Å². The van der Waals surface area contributed by atoms with Crippen LogP contribution in [-0.2, 0) is 14.9 Å². The van der Waals surface area contributed by atoms with Crippen LogP contribution in [0.15, 0.2) is 54.6 Å². The molecule has 0 atom stereocenters. The summed E-state index contributed by atoms with van der Waals surface area (Å²) in [4.78, 5) is 23.8. The molecule has 25 heavy (non-hydrogen) atoms. The van der Waals surface area contributed by atoms with E-state index in [-0.39, 0.29) is 11.3 Å². The molecular weight excluding hydrogens is 314 g/mol. The van der Waals surface area contributed by atoms with Crippen LogP contribution in [0, 0.1) is 0 Å². The number of amides is 1. The van der Waals surface area contributed by atoms with Gasteiger partial charge in [0, 0.05) is 6.08 Å². The molecule has 0 aromatic heterocycles. The molecule has 0 heterocycles. The number of anilines is 1. The Hall–Kier alpha value is -2.88. The summed E-state index contributed by atoms with van der Waals surface area (Å²) in [5.74, 6) is -0.797. The van der Waals surface area contributed by atoms with E-state index in [4.69, 9.17) is 4.74 Å². The molecule has 0 spiro atoms. The zero-order valence-electron chi connectivity index (χ0n) is 15.0. The number of esters is 1. The first-order valence-electron chi connectivity index (χ1n) is 8.08. The van der Waals surface area contributed by atoms with Gasteiger partial charge in [-0.2, -0.15) is 0 Å². The van der Waals surface area contributed by atoms with Crippen LogP contribution in [-0.4, -0.2) is 19.0 Å². The number of benzene rings is 2. The summed E-state index contributed by atoms with van der Waals surface area (Å²) >= 11 is 0. The van der Waals surface area contributed by atoms with Crippen molar-refractivity contribution in [2.75, 3.05) is 12.4 Å². The lowest BCUT2D eigenvalue weighted by Crippen LogP contribution is -2.12. The largest absolute Gasteiger partial charge is 0.465 e. The zero-order valence-corrected chi connectivity index (χ0v) is 15.0. The third kappa shape index (κ3) is 5.05. The SMILES string of the molecule is COC(=O)c1ccccc1NC(=O)C=Cc1ccc(C(C)(C)C)cc1. The smallest absolute Gasteiger partial charge is 0.339 e. The van der Waals surface area contributed by atoms with E-state index < -0.39 is 5.97 Å². The standard InChI is InChI=1S/C21H23NO3/c1-21(2,3)16-12-9-15(10-13-16)11-14-19(23)22-18-8-6-5-7-17(18)20(24)25-4/h5-14H,1-4H3,(H,22,23). The molecule has 130 valence electrons. The molecule has 0 radical (unpaired) electrons. The quantitative estimate of drug-likeness (QED) is 0.663. The average Bonchev–Trinajstić information content (AvgIpc) is 2.59. The van der Waals surface area contributed by atoms with Gasteiger partial charge < -0.3 is 10.1 Å². The minimum absolute atomic E-state index is 0.0945. The highest BCUT2D eigenvalue weighted by atomic mass is 16.5. The topological polar surface area (TPSA) is 55.4 Å². The van der Waals surface area contributed by atoms with Crippen molar-refractivity contribution in [2.45, 2.75) is 26.2 Å². The van der Waals surface area contributed by atoms with E-state index in [9.17, 15) is 9.59 Å². The highest BCUT2D eigenvalue weighted by Crippen LogP contribution is 2.22. The highest BCUT2D eigenvalue weighted by molar-refractivity contribution is 6.06. The maximum Gasteiger partial charge on any atom is 0.339 e. The van der Waals surface area contributed by atoms with Crippen molar-refractivity contribution in [3.05, 3.63) is 71.3 Å². The first-order chi connectivity index (χ1) is 11.8. The molecule has 0 saturated carbocycles. The summed E-state index contributed by atoms with van der Waals surface area (Å²) in [7, 11) is 1.31. The molecule has 0 fully saturated rings. The van der Waals surface area contributed by atoms with E-state index in [1.807, 2.05) is 12.1 Å². The predicted molar refractivity (Wildman–Crippen MR) is 101 cm³/mol. The lowest BCUT2D eigenvalue weighted by Gasteiger charge is -2.18. The highest BCUT2D eigenvalue weighted by Gasteiger charge is 2.13. The maximum atomic E-state index is 12.1. The number of hydrogen-bond donors (Lipinski definition) is 1. The van der Waals surface area contributed by atoms with Crippen LogP contribution in [0.3, 0.4) is 0 Å². The molecule has 2 aromatic rings. The van der Waals surface area contributed by atoms with E-state index in [1.54, 1.807) is 30.3 Å². The van der Waals surface area contributed by atoms with Gasteiger partial charge in [-0.25, -0.2) is 4.79 Å². The number of hydrogen-bond acceptors (Lipinski definition) is 3. The molecule has 0 aliphatic rings. The Balaban J connectivity index is 2.08. The van der Waals surface area contributed by atoms with Gasteiger partial charge in [0.1, 0.15) is 0 Å². The minimum atomic E-state index is -0.488. The molecule has 0 aliphatic carbocycles. The van der Waals surface area contributed by atoms with Gasteiger partial charge in [-0.05, 0) is 34.8 Å². The van der Waals surface area contributed by atoms with Gasteiger partial charge in [0.2, 0.25) is 5.91 Å². The number of ether oxygens (including phenoxy) is 1. The van der Waals surface area contributed by atoms with Crippen LogP contribution in [0.5, 0.6) is 0 Å². The Morgan fingerprint density at radius 1 is 1.00 bits per heavy atom. The summed E-state index contributed by atoms with van der Waals surface area (Å²) in [5.41, 5.74) is 3.01. The Kier molecular flexibility index (Phi) is 5.75. The number of methoxy groups -OCH3 is 1. The van der Waals surface area contributed by atoms with E-state index in [2.05, 4.69) is 38.2 Å². The zero-order chi connectivity index (χ0) is 18.4. The van der Waals surface area contributed by atoms with Crippen molar-refractivity contribution in [3.63, 3.8) is 0 Å². The van der Waals surface area contributed by atoms with Gasteiger partial charge in [0.25, 0.3) is 0 Å². The Morgan fingerprint density at radius 3 is 2.24 bits per heavy atom. The number of carbonyl (C=O) groups excluding carboxylic acids is 2. The molecular formula is C21H23NO3. The molecule has 0 aliphatic heterocycles. The van der Waals surface area contributed by atoms with Crippen LogP contribution in [0.1, 0.15) is 42.3 Å². The van der Waals surface area contributed by atoms with Crippen molar-refractivity contribution in [3.8, 4) is 0 Å². The van der Waals surface area contributed by atoms with Crippen molar-refractivity contribution < 1.29 is 14.3 Å². The van der Waals surface area contributed by atoms with Crippen molar-refractivity contribution in [1.29, 1.82) is 0 Å². The second-order valence-electron chi connectivity index (χ2n) is 6.73. The van der Waals surface area contributed by atoms with Crippen molar-refractivity contribution in [1.82, 2.24) is 0 Å². The second-order valence-corrected chi connectivity index (χ2v) is 6.73. The fourth-order valence-electron chi connectivity index (χ4n) is 2.32. The molecule has 4 nitrogen and oxygen atoms in total. The van der Waals surface area contributed by atoms with Crippen LogP contribution < -0.4 is 5.32 Å². The van der Waals surface area contributed by atoms with Gasteiger partial charge >= 0.3 is 5.97 Å². The number of para-hydroxylation sites is 1. The lowest BCUT2D eigenvalue weighted by molar-refractivity contribution is -0.111. The summed E-state index contributed by atoms with van der Waals surface area (Å²) in [6.45, 7) is 6.47. The first kappa shape index (κ1) is 18.5. The number of carbonyl (C=O) groups is 2. The van der Waals surface area contributed by atoms with Crippen LogP contribution >= 0.6 is 0 Å². The molecule has 0 saturated heterocycles. The summed E-state index contributed by atoms with van der Waals surface area (Å²) in [5, 5.41) is 2.71. The Bertz CT molecular complexity index is 784. The summed E-state index contributed by atoms with van der Waals surface area (Å²) in [6, 6.07) is 14.8. The summed E-state index contributed by atoms with van der Waals surface area (Å²) in [6.07, 6.45) is 3.18. The van der Waals surface area contributed by atoms with Gasteiger partial charge in [0.15, 0.2) is 0 Å². The molecule has 0 bridgehead atoms. The molecule has 2 aromatic carbocycles. The monoisotopic (exact) mass is 337 g/mol. The molecule has 1 amide bonds. The minimum Gasteiger partial charge on any atom is -0.465 e. The van der Waals surface area contributed by atoms with Crippen LogP contribution in [0.4, 0.5) is 5.69 Å². The molecule has 4 heteroatoms. The average molecular weight is 337 g/mol. The van der Waals surface area contributed by atoms with E-state index in [1.165, 1.54) is 18.7 Å². The Labute approximate surface area is 148 Å². The molecule has 2 rings (SSSR count). The van der Waals surface area contributed by atoms with Crippen molar-refractivity contribution in [2.24, 2.45) is 0 Å².